The lowest BCUT2D eigenvalue weighted by Crippen LogP contribution is -1.74. The standard InChI is InChI=1S/C4H5NO3S2/c1-3-5-2-4(9-3)10-8-7-6/h2,6H,1H3. The van der Waals surface area contributed by atoms with Crippen molar-refractivity contribution in [3.8, 4) is 0 Å². The molecule has 0 unspecified atom stereocenters. The van der Waals surface area contributed by atoms with Crippen LogP contribution in [-0.4, -0.2) is 10.2 Å². The zero-order valence-electron chi connectivity index (χ0n) is 5.10. The zero-order valence-corrected chi connectivity index (χ0v) is 6.74. The minimum atomic E-state index is 0.839. The molecule has 6 heteroatoms. The van der Waals surface area contributed by atoms with Crippen LogP contribution in [0.2, 0.25) is 0 Å². The SMILES string of the molecule is Cc1ncc(SOOO)s1. The molecule has 0 amide bonds. The van der Waals surface area contributed by atoms with E-state index < -0.39 is 0 Å². The molecule has 4 nitrogen and oxygen atoms in total. The Labute approximate surface area is 65.9 Å². The molecule has 1 N–H and O–H groups in total. The Balaban J connectivity index is 2.42. The fourth-order valence-electron chi connectivity index (χ4n) is 0.429. The van der Waals surface area contributed by atoms with Crippen molar-refractivity contribution in [2.75, 3.05) is 0 Å². The van der Waals surface area contributed by atoms with Crippen LogP contribution in [0.4, 0.5) is 0 Å². The molecule has 1 aromatic rings. The van der Waals surface area contributed by atoms with Crippen LogP contribution < -0.4 is 0 Å². The third-order valence-electron chi connectivity index (χ3n) is 0.747. The second-order valence-electron chi connectivity index (χ2n) is 1.42. The number of nitrogens with zero attached hydrogens (tertiary/aromatic N) is 1. The molecule has 0 spiro atoms. The smallest absolute Gasteiger partial charge is 0.111 e. The Hall–Kier alpha value is -0.140. The van der Waals surface area contributed by atoms with E-state index in [-0.39, 0.29) is 0 Å². The highest BCUT2D eigenvalue weighted by Crippen LogP contribution is 2.24. The van der Waals surface area contributed by atoms with Gasteiger partial charge in [-0.3, -0.25) is 0 Å². The van der Waals surface area contributed by atoms with Gasteiger partial charge in [-0.05, 0) is 6.92 Å². The first-order valence-electron chi connectivity index (χ1n) is 2.40. The van der Waals surface area contributed by atoms with Gasteiger partial charge in [0.15, 0.2) is 0 Å². The molecule has 0 aliphatic carbocycles. The lowest BCUT2D eigenvalue weighted by atomic mass is 10.8. The van der Waals surface area contributed by atoms with E-state index in [0.717, 1.165) is 21.3 Å². The average Bonchev–Trinajstić information content (AvgIpc) is 2.31. The van der Waals surface area contributed by atoms with Crippen molar-refractivity contribution in [3.63, 3.8) is 0 Å². The highest BCUT2D eigenvalue weighted by Gasteiger charge is 1.98. The maximum atomic E-state index is 7.78. The number of rotatable bonds is 3. The molecule has 56 valence electrons. The normalized spacial score (nSPS) is 10.2. The van der Waals surface area contributed by atoms with Crippen molar-refractivity contribution in [3.05, 3.63) is 11.2 Å². The molecule has 0 fully saturated rings. The monoisotopic (exact) mass is 179 g/mol. The number of thiazole rings is 1. The van der Waals surface area contributed by atoms with Gasteiger partial charge in [0.05, 0.1) is 23.2 Å². The Morgan fingerprint density at radius 2 is 2.60 bits per heavy atom. The van der Waals surface area contributed by atoms with Crippen molar-refractivity contribution in [1.82, 2.24) is 4.98 Å². The largest absolute Gasteiger partial charge is 0.249 e. The zero-order chi connectivity index (χ0) is 7.40. The molecule has 0 aromatic carbocycles. The number of hydrogen-bond donors (Lipinski definition) is 1. The summed E-state index contributed by atoms with van der Waals surface area (Å²) >= 11 is 2.39. The van der Waals surface area contributed by atoms with E-state index in [0.29, 0.717) is 0 Å². The van der Waals surface area contributed by atoms with E-state index in [4.69, 9.17) is 5.26 Å². The first kappa shape index (κ1) is 7.96. The summed E-state index contributed by atoms with van der Waals surface area (Å²) in [6.07, 6.45) is 1.64. The summed E-state index contributed by atoms with van der Waals surface area (Å²) < 4.78 is 5.01. The maximum Gasteiger partial charge on any atom is 0.111 e. The Kier molecular flexibility index (Phi) is 3.10. The second kappa shape index (κ2) is 3.89. The summed E-state index contributed by atoms with van der Waals surface area (Å²) in [7, 11) is 0. The summed E-state index contributed by atoms with van der Waals surface area (Å²) in [4.78, 5) is 3.95. The molecule has 0 saturated carbocycles. The summed E-state index contributed by atoms with van der Waals surface area (Å²) in [6.45, 7) is 1.88. The first-order valence-corrected chi connectivity index (χ1v) is 3.96. The van der Waals surface area contributed by atoms with Crippen LogP contribution in [0.15, 0.2) is 10.4 Å². The van der Waals surface area contributed by atoms with Crippen molar-refractivity contribution >= 4 is 23.4 Å². The van der Waals surface area contributed by atoms with Crippen LogP contribution in [0.1, 0.15) is 5.01 Å². The van der Waals surface area contributed by atoms with Crippen LogP contribution in [0, 0.1) is 6.92 Å². The fourth-order valence-corrected chi connectivity index (χ4v) is 1.71. The van der Waals surface area contributed by atoms with Crippen molar-refractivity contribution < 1.29 is 14.6 Å². The van der Waals surface area contributed by atoms with Gasteiger partial charge in [-0.2, -0.15) is 0 Å². The minimum absolute atomic E-state index is 0.839. The molecule has 10 heavy (non-hydrogen) atoms. The van der Waals surface area contributed by atoms with E-state index in [1.807, 2.05) is 6.92 Å². The van der Waals surface area contributed by atoms with Crippen LogP contribution in [0.5, 0.6) is 0 Å². The molecule has 1 heterocycles. The van der Waals surface area contributed by atoms with Gasteiger partial charge < -0.3 is 0 Å². The summed E-state index contributed by atoms with van der Waals surface area (Å²) in [6, 6.07) is 0. The molecule has 0 radical (unpaired) electrons. The fraction of sp³-hybridized carbons (Fsp3) is 0.250. The second-order valence-corrected chi connectivity index (χ2v) is 3.66. The number of hydrogen-bond acceptors (Lipinski definition) is 6. The van der Waals surface area contributed by atoms with Crippen molar-refractivity contribution in [2.24, 2.45) is 0 Å². The molecule has 0 saturated heterocycles. The van der Waals surface area contributed by atoms with Crippen molar-refractivity contribution in [2.45, 2.75) is 11.1 Å². The van der Waals surface area contributed by atoms with E-state index in [1.165, 1.54) is 11.3 Å². The van der Waals surface area contributed by atoms with Gasteiger partial charge >= 0.3 is 0 Å². The van der Waals surface area contributed by atoms with Crippen LogP contribution in [-0.2, 0) is 9.37 Å². The van der Waals surface area contributed by atoms with Crippen molar-refractivity contribution in [1.29, 1.82) is 0 Å². The van der Waals surface area contributed by atoms with E-state index in [9.17, 15) is 0 Å². The Morgan fingerprint density at radius 1 is 1.80 bits per heavy atom. The Bertz CT molecular complexity index is 202. The number of aromatic nitrogens is 1. The number of aryl methyl sites for hydroxylation is 1. The molecule has 0 bridgehead atoms. The van der Waals surface area contributed by atoms with Gasteiger partial charge in [0.1, 0.15) is 4.21 Å². The van der Waals surface area contributed by atoms with E-state index >= 15 is 0 Å². The van der Waals surface area contributed by atoms with E-state index in [1.54, 1.807) is 6.20 Å². The summed E-state index contributed by atoms with van der Waals surface area (Å²) in [5, 5.41) is 12.1. The van der Waals surface area contributed by atoms with E-state index in [2.05, 4.69) is 14.4 Å². The van der Waals surface area contributed by atoms with Gasteiger partial charge in [-0.1, -0.05) is 5.04 Å². The minimum Gasteiger partial charge on any atom is -0.249 e. The molecule has 0 aliphatic rings. The molecular weight excluding hydrogens is 174 g/mol. The third-order valence-corrected chi connectivity index (χ3v) is 2.31. The first-order chi connectivity index (χ1) is 4.83. The van der Waals surface area contributed by atoms with Crippen LogP contribution in [0.25, 0.3) is 0 Å². The molecule has 1 rings (SSSR count). The predicted octanol–water partition coefficient (Wildman–Crippen LogP) is 1.88. The highest BCUT2D eigenvalue weighted by atomic mass is 32.2. The van der Waals surface area contributed by atoms with Crippen LogP contribution >= 0.6 is 23.4 Å². The molecule has 0 atom stereocenters. The lowest BCUT2D eigenvalue weighted by molar-refractivity contribution is -0.432. The van der Waals surface area contributed by atoms with Gasteiger partial charge in [0, 0.05) is 0 Å². The highest BCUT2D eigenvalue weighted by molar-refractivity contribution is 7.96. The summed E-state index contributed by atoms with van der Waals surface area (Å²) in [5.74, 6) is 0. The molecular formula is C4H5NO3S2. The van der Waals surface area contributed by atoms with Gasteiger partial charge in [0.2, 0.25) is 0 Å². The average molecular weight is 179 g/mol. The quantitative estimate of drug-likeness (QED) is 0.436. The summed E-state index contributed by atoms with van der Waals surface area (Å²) in [5.41, 5.74) is 0. The van der Waals surface area contributed by atoms with Gasteiger partial charge in [-0.15, -0.1) is 15.7 Å². The van der Waals surface area contributed by atoms with Gasteiger partial charge in [0.25, 0.3) is 0 Å². The molecule has 0 aliphatic heterocycles. The maximum absolute atomic E-state index is 7.78. The Morgan fingerprint density at radius 3 is 3.10 bits per heavy atom. The lowest BCUT2D eigenvalue weighted by Gasteiger charge is -1.88. The third kappa shape index (κ3) is 2.24. The molecule has 1 aromatic heterocycles. The topological polar surface area (TPSA) is 51.6 Å². The van der Waals surface area contributed by atoms with Crippen LogP contribution in [0.3, 0.4) is 0 Å². The van der Waals surface area contributed by atoms with Gasteiger partial charge in [-0.25, -0.2) is 10.2 Å². The predicted molar refractivity (Wildman–Crippen MR) is 37.5 cm³/mol.